The van der Waals surface area contributed by atoms with Gasteiger partial charge in [-0.15, -0.1) is 0 Å². The van der Waals surface area contributed by atoms with Crippen molar-refractivity contribution >= 4 is 9.03 Å². The number of rotatable bonds is 4. The fourth-order valence-electron chi connectivity index (χ4n) is 0.969. The molecule has 0 aromatic heterocycles. The Kier molecular flexibility index (Phi) is 4.23. The van der Waals surface area contributed by atoms with Crippen molar-refractivity contribution in [2.75, 3.05) is 6.61 Å². The molecular weight excluding hydrogens is 171 g/mol. The molecule has 0 spiro atoms. The Balaban J connectivity index is 2.37. The molecule has 0 radical (unpaired) electrons. The normalized spacial score (nSPS) is 11.2. The topological polar surface area (TPSA) is 29.5 Å². The fourth-order valence-corrected chi connectivity index (χ4v) is 1.16. The highest BCUT2D eigenvalue weighted by Crippen LogP contribution is 2.07. The molecule has 0 saturated carbocycles. The second kappa shape index (κ2) is 5.26. The fraction of sp³-hybridized carbons (Fsp3) is 0.333. The van der Waals surface area contributed by atoms with E-state index in [1.165, 1.54) is 11.1 Å². The summed E-state index contributed by atoms with van der Waals surface area (Å²) < 4.78 is 4.85. The van der Waals surface area contributed by atoms with Gasteiger partial charge >= 0.3 is 0 Å². The lowest BCUT2D eigenvalue weighted by Gasteiger charge is -2.00. The smallest absolute Gasteiger partial charge is 0.152 e. The van der Waals surface area contributed by atoms with Gasteiger partial charge in [0.05, 0.1) is 6.61 Å². The molecule has 0 aliphatic carbocycles. The summed E-state index contributed by atoms with van der Waals surface area (Å²) in [5.74, 6) is 0. The van der Waals surface area contributed by atoms with Gasteiger partial charge in [-0.25, -0.2) is 0 Å². The molecule has 0 aliphatic heterocycles. The highest BCUT2D eigenvalue weighted by atomic mass is 31.1. The Hall–Kier alpha value is -0.430. The van der Waals surface area contributed by atoms with Crippen molar-refractivity contribution in [2.24, 2.45) is 0 Å². The average molecular weight is 184 g/mol. The molecular formula is C9H13O2P. The van der Waals surface area contributed by atoms with Gasteiger partial charge in [0.1, 0.15) is 0 Å². The Morgan fingerprint density at radius 2 is 2.00 bits per heavy atom. The summed E-state index contributed by atoms with van der Waals surface area (Å²) in [4.78, 5) is 8.39. The Morgan fingerprint density at radius 1 is 1.33 bits per heavy atom. The molecule has 0 fully saturated rings. The van der Waals surface area contributed by atoms with Gasteiger partial charge in [0.15, 0.2) is 9.03 Å². The molecule has 1 unspecified atom stereocenters. The van der Waals surface area contributed by atoms with E-state index in [0.717, 1.165) is 6.42 Å². The van der Waals surface area contributed by atoms with Gasteiger partial charge in [-0.2, -0.15) is 0 Å². The highest BCUT2D eigenvalue weighted by molar-refractivity contribution is 7.24. The first kappa shape index (κ1) is 9.66. The maximum atomic E-state index is 8.39. The molecule has 66 valence electrons. The first-order chi connectivity index (χ1) is 5.83. The highest BCUT2D eigenvalue weighted by Gasteiger charge is 1.91. The van der Waals surface area contributed by atoms with Crippen LogP contribution in [0.2, 0.25) is 0 Å². The molecule has 12 heavy (non-hydrogen) atoms. The minimum absolute atomic E-state index is 0.393. The maximum absolute atomic E-state index is 8.39. The van der Waals surface area contributed by atoms with Gasteiger partial charge in [-0.1, -0.05) is 29.8 Å². The molecule has 1 N–H and O–H groups in total. The molecule has 0 bridgehead atoms. The second-order valence-electron chi connectivity index (χ2n) is 2.68. The van der Waals surface area contributed by atoms with Gasteiger partial charge in [0.2, 0.25) is 0 Å². The van der Waals surface area contributed by atoms with Crippen LogP contribution in [0, 0.1) is 6.92 Å². The van der Waals surface area contributed by atoms with E-state index in [2.05, 4.69) is 31.2 Å². The third-order valence-electron chi connectivity index (χ3n) is 1.68. The van der Waals surface area contributed by atoms with Gasteiger partial charge in [-0.05, 0) is 18.9 Å². The van der Waals surface area contributed by atoms with Crippen LogP contribution < -0.4 is 0 Å². The Labute approximate surface area is 74.5 Å². The minimum atomic E-state index is -0.393. The monoisotopic (exact) mass is 184 g/mol. The van der Waals surface area contributed by atoms with Crippen molar-refractivity contribution in [3.05, 3.63) is 35.4 Å². The van der Waals surface area contributed by atoms with E-state index < -0.39 is 9.03 Å². The van der Waals surface area contributed by atoms with Crippen molar-refractivity contribution < 1.29 is 9.42 Å². The van der Waals surface area contributed by atoms with Crippen LogP contribution in [0.4, 0.5) is 0 Å². The molecule has 0 amide bonds. The molecule has 3 heteroatoms. The number of hydrogen-bond acceptors (Lipinski definition) is 2. The van der Waals surface area contributed by atoms with E-state index >= 15 is 0 Å². The zero-order valence-corrected chi connectivity index (χ0v) is 8.08. The number of benzene rings is 1. The van der Waals surface area contributed by atoms with Crippen LogP contribution in [0.25, 0.3) is 0 Å². The van der Waals surface area contributed by atoms with Crippen LogP contribution in [0.3, 0.4) is 0 Å². The third kappa shape index (κ3) is 3.31. The molecule has 0 aliphatic rings. The van der Waals surface area contributed by atoms with Crippen LogP contribution in [0.1, 0.15) is 11.1 Å². The second-order valence-corrected chi connectivity index (χ2v) is 3.15. The summed E-state index contributed by atoms with van der Waals surface area (Å²) in [7, 11) is -0.393. The van der Waals surface area contributed by atoms with Gasteiger partial charge in [0.25, 0.3) is 0 Å². The van der Waals surface area contributed by atoms with Crippen LogP contribution >= 0.6 is 9.03 Å². The van der Waals surface area contributed by atoms with E-state index in [1.54, 1.807) is 0 Å². The Morgan fingerprint density at radius 3 is 2.58 bits per heavy atom. The third-order valence-corrected chi connectivity index (χ3v) is 2.01. The summed E-state index contributed by atoms with van der Waals surface area (Å²) in [6, 6.07) is 8.32. The molecule has 1 aromatic carbocycles. The van der Waals surface area contributed by atoms with Crippen LogP contribution in [0.15, 0.2) is 24.3 Å². The van der Waals surface area contributed by atoms with E-state index in [-0.39, 0.29) is 0 Å². The standard InChI is InChI=1S/C9H13O2P/c1-8-2-4-9(5-3-8)6-7-11-12-10/h2-5,10,12H,6-7H2,1H3. The summed E-state index contributed by atoms with van der Waals surface area (Å²) in [6.07, 6.45) is 0.869. The quantitative estimate of drug-likeness (QED) is 0.573. The lowest BCUT2D eigenvalue weighted by molar-refractivity contribution is 0.330. The zero-order valence-electron chi connectivity index (χ0n) is 7.08. The average Bonchev–Trinajstić information content (AvgIpc) is 2.09. The predicted molar refractivity (Wildman–Crippen MR) is 51.4 cm³/mol. The molecule has 2 nitrogen and oxygen atoms in total. The van der Waals surface area contributed by atoms with Crippen molar-refractivity contribution in [3.8, 4) is 0 Å². The van der Waals surface area contributed by atoms with Gasteiger partial charge < -0.3 is 9.42 Å². The predicted octanol–water partition coefficient (Wildman–Crippen LogP) is 2.05. The molecule has 0 heterocycles. The zero-order chi connectivity index (χ0) is 8.81. The summed E-state index contributed by atoms with van der Waals surface area (Å²) in [6.45, 7) is 2.66. The van der Waals surface area contributed by atoms with Crippen molar-refractivity contribution in [1.29, 1.82) is 0 Å². The largest absolute Gasteiger partial charge is 0.352 e. The van der Waals surface area contributed by atoms with E-state index in [1.807, 2.05) is 0 Å². The molecule has 1 aromatic rings. The first-order valence-corrected chi connectivity index (χ1v) is 4.75. The number of hydrogen-bond donors (Lipinski definition) is 1. The Bertz CT molecular complexity index is 220. The molecule has 1 rings (SSSR count). The van der Waals surface area contributed by atoms with Crippen LogP contribution in [0.5, 0.6) is 0 Å². The lowest BCUT2D eigenvalue weighted by Crippen LogP contribution is -1.91. The first-order valence-electron chi connectivity index (χ1n) is 3.89. The maximum Gasteiger partial charge on any atom is 0.152 e. The van der Waals surface area contributed by atoms with E-state index in [0.29, 0.717) is 6.61 Å². The van der Waals surface area contributed by atoms with Crippen molar-refractivity contribution in [2.45, 2.75) is 13.3 Å². The minimum Gasteiger partial charge on any atom is -0.352 e. The van der Waals surface area contributed by atoms with Crippen molar-refractivity contribution in [3.63, 3.8) is 0 Å². The summed E-state index contributed by atoms with van der Waals surface area (Å²) in [5, 5.41) is 0. The van der Waals surface area contributed by atoms with E-state index in [4.69, 9.17) is 9.42 Å². The molecule has 0 saturated heterocycles. The van der Waals surface area contributed by atoms with Crippen LogP contribution in [-0.2, 0) is 10.9 Å². The summed E-state index contributed by atoms with van der Waals surface area (Å²) >= 11 is 0. The molecule has 1 atom stereocenters. The number of aryl methyl sites for hydroxylation is 1. The van der Waals surface area contributed by atoms with E-state index in [9.17, 15) is 0 Å². The SMILES string of the molecule is Cc1ccc(CCOPO)cc1. The van der Waals surface area contributed by atoms with Gasteiger partial charge in [-0.3, -0.25) is 0 Å². The summed E-state index contributed by atoms with van der Waals surface area (Å²) in [5.41, 5.74) is 2.52. The lowest BCUT2D eigenvalue weighted by atomic mass is 10.1. The van der Waals surface area contributed by atoms with Crippen LogP contribution in [-0.4, -0.2) is 11.5 Å². The van der Waals surface area contributed by atoms with Crippen molar-refractivity contribution in [1.82, 2.24) is 0 Å². The van der Waals surface area contributed by atoms with Gasteiger partial charge in [0, 0.05) is 0 Å².